The lowest BCUT2D eigenvalue weighted by Crippen LogP contribution is -2.00. The lowest BCUT2D eigenvalue weighted by atomic mass is 10.2. The van der Waals surface area contributed by atoms with Gasteiger partial charge in [-0.1, -0.05) is 0 Å². The average Bonchev–Trinajstić information content (AvgIpc) is 3.61. The number of nitrogens with one attached hydrogen (secondary N) is 2. The van der Waals surface area contributed by atoms with Gasteiger partial charge < -0.3 is 10.6 Å². The summed E-state index contributed by atoms with van der Waals surface area (Å²) in [4.78, 5) is 59.5. The highest BCUT2D eigenvalue weighted by molar-refractivity contribution is 6.38. The second kappa shape index (κ2) is 10.8. The summed E-state index contributed by atoms with van der Waals surface area (Å²) in [5.74, 6) is 0. The highest BCUT2D eigenvalue weighted by atomic mass is 16.6. The van der Waals surface area contributed by atoms with E-state index in [0.29, 0.717) is 22.8 Å². The maximum atomic E-state index is 11.5. The van der Waals surface area contributed by atoms with Gasteiger partial charge in [0.05, 0.1) is 89.8 Å². The molecule has 18 heteroatoms. The van der Waals surface area contributed by atoms with Crippen LogP contribution in [-0.4, -0.2) is 43.5 Å². The van der Waals surface area contributed by atoms with E-state index in [-0.39, 0.29) is 22.7 Å². The van der Waals surface area contributed by atoms with E-state index < -0.39 is 42.4 Å². The monoisotopic (exact) mass is 570 g/mol. The molecule has 3 aliphatic heterocycles. The predicted molar refractivity (Wildman–Crippen MR) is 152 cm³/mol. The van der Waals surface area contributed by atoms with Crippen molar-refractivity contribution in [2.45, 2.75) is 0 Å². The number of rotatable bonds is 4. The first-order valence-electron chi connectivity index (χ1n) is 11.6. The van der Waals surface area contributed by atoms with Gasteiger partial charge in [-0.15, -0.1) is 0 Å². The summed E-state index contributed by atoms with van der Waals surface area (Å²) in [6, 6.07) is 3.88. The van der Waals surface area contributed by atoms with Crippen molar-refractivity contribution in [1.29, 1.82) is 0 Å². The van der Waals surface area contributed by atoms with Crippen LogP contribution in [0.1, 0.15) is 0 Å². The third-order valence-electron chi connectivity index (χ3n) is 5.76. The molecule has 0 fully saturated rings. The minimum absolute atomic E-state index is 0.00694. The zero-order chi connectivity index (χ0) is 30.0. The molecule has 3 aliphatic rings. The van der Waals surface area contributed by atoms with Crippen LogP contribution < -0.4 is 10.6 Å². The Hall–Kier alpha value is -6.72. The molecule has 18 nitrogen and oxygen atoms in total. The smallest absolute Gasteiger partial charge is 0.348 e. The lowest BCUT2D eigenvalue weighted by molar-refractivity contribution is -0.422. The third kappa shape index (κ3) is 5.52. The summed E-state index contributed by atoms with van der Waals surface area (Å²) >= 11 is 0. The molecule has 0 amide bonds. The summed E-state index contributed by atoms with van der Waals surface area (Å²) in [7, 11) is 0. The number of allylic oxidation sites excluding steroid dienone is 4. The maximum absolute atomic E-state index is 11.5. The van der Waals surface area contributed by atoms with Crippen LogP contribution in [0.2, 0.25) is 0 Å². The van der Waals surface area contributed by atoms with Crippen molar-refractivity contribution in [3.63, 3.8) is 0 Å². The number of hydrogen-bond donors (Lipinski definition) is 2. The van der Waals surface area contributed by atoms with Gasteiger partial charge in [-0.3, -0.25) is 50.4 Å². The molecule has 0 aromatic heterocycles. The molecule has 0 unspecified atom stereocenters. The topological polar surface area (TPSA) is 246 Å². The Morgan fingerprint density at radius 2 is 0.881 bits per heavy atom. The molecule has 0 atom stereocenters. The second-order valence-corrected chi connectivity index (χ2v) is 8.43. The zero-order valence-corrected chi connectivity index (χ0v) is 20.8. The van der Waals surface area contributed by atoms with Crippen molar-refractivity contribution in [3.05, 3.63) is 113 Å². The Morgan fingerprint density at radius 3 is 1.24 bits per heavy atom. The third-order valence-corrected chi connectivity index (χ3v) is 5.76. The summed E-state index contributed by atoms with van der Waals surface area (Å²) in [6.45, 7) is 0. The highest BCUT2D eigenvalue weighted by Crippen LogP contribution is 2.39. The molecule has 0 spiro atoms. The molecule has 0 radical (unpaired) electrons. The molecule has 0 saturated heterocycles. The number of nitro benzene ring substituents is 4. The summed E-state index contributed by atoms with van der Waals surface area (Å²) in [5.41, 5.74) is -1.58. The van der Waals surface area contributed by atoms with E-state index in [9.17, 15) is 40.5 Å². The van der Waals surface area contributed by atoms with E-state index >= 15 is 0 Å². The molecule has 208 valence electrons. The van der Waals surface area contributed by atoms with Gasteiger partial charge in [0.25, 0.3) is 0 Å². The lowest BCUT2D eigenvalue weighted by Gasteiger charge is -2.07. The van der Waals surface area contributed by atoms with Gasteiger partial charge in [-0.2, -0.15) is 0 Å². The standard InChI is InChI=1S/C24H14N10O8/c35-31(36)21-5-17-18(6-22(21)32(37)38)27-11-15-3-4-16(30-15)12-28-20-8-24(34(41)42)23(33(39)40)7-19(20)26-10-14-2-1-13(29-14)9-25-17/h1-12,25,28H. The fourth-order valence-electron chi connectivity index (χ4n) is 3.83. The average molecular weight is 570 g/mol. The first kappa shape index (κ1) is 26.9. The molecule has 2 N–H and O–H groups in total. The Kier molecular flexibility index (Phi) is 6.91. The Morgan fingerprint density at radius 1 is 0.524 bits per heavy atom. The molecular weight excluding hydrogens is 556 g/mol. The molecule has 2 aromatic carbocycles. The molecule has 5 rings (SSSR count). The van der Waals surface area contributed by atoms with Crippen LogP contribution in [0.5, 0.6) is 0 Å². The van der Waals surface area contributed by atoms with Crippen LogP contribution >= 0.6 is 0 Å². The van der Waals surface area contributed by atoms with Crippen LogP contribution in [0.4, 0.5) is 45.5 Å². The quantitative estimate of drug-likeness (QED) is 0.369. The van der Waals surface area contributed by atoms with Gasteiger partial charge in [-0.05, 0) is 24.3 Å². The summed E-state index contributed by atoms with van der Waals surface area (Å²) in [5, 5.41) is 51.6. The molecule has 0 saturated carbocycles. The largest absolute Gasteiger partial charge is 0.358 e. The van der Waals surface area contributed by atoms with Gasteiger partial charge >= 0.3 is 22.7 Å². The minimum atomic E-state index is -0.885. The number of benzene rings is 2. The van der Waals surface area contributed by atoms with Crippen LogP contribution in [0.25, 0.3) is 0 Å². The van der Waals surface area contributed by atoms with Gasteiger partial charge in [0.15, 0.2) is 0 Å². The number of aliphatic imine (C=N–C) groups is 4. The molecule has 42 heavy (non-hydrogen) atoms. The van der Waals surface area contributed by atoms with E-state index in [4.69, 9.17) is 0 Å². The van der Waals surface area contributed by atoms with Crippen molar-refractivity contribution in [1.82, 2.24) is 0 Å². The van der Waals surface area contributed by atoms with Crippen LogP contribution in [0.3, 0.4) is 0 Å². The fraction of sp³-hybridized carbons (Fsp3) is 0. The van der Waals surface area contributed by atoms with E-state index in [0.717, 1.165) is 24.3 Å². The van der Waals surface area contributed by atoms with E-state index in [1.807, 2.05) is 0 Å². The van der Waals surface area contributed by atoms with Crippen molar-refractivity contribution in [2.24, 2.45) is 20.0 Å². The maximum Gasteiger partial charge on any atom is 0.348 e. The zero-order valence-electron chi connectivity index (χ0n) is 20.8. The van der Waals surface area contributed by atoms with Gasteiger partial charge in [0.1, 0.15) is 0 Å². The molecule has 4 bridgehead atoms. The fourth-order valence-corrected chi connectivity index (χ4v) is 3.83. The van der Waals surface area contributed by atoms with Crippen molar-refractivity contribution >= 4 is 69.4 Å². The normalized spacial score (nSPS) is 15.0. The first-order valence-corrected chi connectivity index (χ1v) is 11.6. The van der Waals surface area contributed by atoms with Crippen LogP contribution in [0.15, 0.2) is 92.3 Å². The molecule has 0 aliphatic carbocycles. The number of nitrogens with zero attached hydrogens (tertiary/aromatic N) is 8. The Balaban J connectivity index is 1.64. The van der Waals surface area contributed by atoms with E-state index in [1.54, 1.807) is 24.3 Å². The van der Waals surface area contributed by atoms with E-state index in [1.165, 1.54) is 24.8 Å². The van der Waals surface area contributed by atoms with Crippen LogP contribution in [-0.2, 0) is 0 Å². The minimum Gasteiger partial charge on any atom is -0.358 e. The Bertz CT molecular complexity index is 1720. The van der Waals surface area contributed by atoms with Crippen molar-refractivity contribution < 1.29 is 19.7 Å². The summed E-state index contributed by atoms with van der Waals surface area (Å²) < 4.78 is 0. The molecule has 2 aromatic rings. The van der Waals surface area contributed by atoms with Crippen molar-refractivity contribution in [3.8, 4) is 0 Å². The highest BCUT2D eigenvalue weighted by Gasteiger charge is 2.28. The second-order valence-electron chi connectivity index (χ2n) is 8.43. The van der Waals surface area contributed by atoms with Gasteiger partial charge in [0.2, 0.25) is 0 Å². The van der Waals surface area contributed by atoms with Gasteiger partial charge in [0, 0.05) is 24.5 Å². The molecule has 3 heterocycles. The number of anilines is 2. The predicted octanol–water partition coefficient (Wildman–Crippen LogP) is 4.97. The summed E-state index contributed by atoms with van der Waals surface area (Å²) in [6.07, 6.45) is 11.5. The van der Waals surface area contributed by atoms with Crippen LogP contribution in [0, 0.1) is 40.5 Å². The molecular formula is C24H14N10O8. The van der Waals surface area contributed by atoms with Crippen molar-refractivity contribution in [2.75, 3.05) is 10.6 Å². The van der Waals surface area contributed by atoms with E-state index in [2.05, 4.69) is 30.6 Å². The number of fused-ring (bicyclic) bond motifs is 4. The first-order chi connectivity index (χ1) is 20.1. The number of hydrogen-bond acceptors (Lipinski definition) is 14. The Labute approximate surface area is 232 Å². The number of nitro groups is 4. The SMILES string of the molecule is O=[N+]([O-])c1cc2c(cc1[N+](=O)[O-])NC=C1C=CC(=N1)C=Nc1cc([N+](=O)[O-])c([N+](=O)[O-])cc1NC=C1C=CC(=N1)C=N2. The van der Waals surface area contributed by atoms with Gasteiger partial charge in [-0.25, -0.2) is 9.98 Å².